The van der Waals surface area contributed by atoms with Crippen molar-refractivity contribution in [3.8, 4) is 0 Å². The summed E-state index contributed by atoms with van der Waals surface area (Å²) in [7, 11) is 0. The smallest absolute Gasteiger partial charge is 0.0692 e. The molecular formula is C19H30N2O. The summed E-state index contributed by atoms with van der Waals surface area (Å²) in [5, 5.41) is 13.9. The molecule has 1 heterocycles. The van der Waals surface area contributed by atoms with Crippen molar-refractivity contribution in [1.29, 1.82) is 0 Å². The second-order valence-electron chi connectivity index (χ2n) is 7.06. The number of hydrogen-bond donors (Lipinski definition) is 2. The van der Waals surface area contributed by atoms with Gasteiger partial charge >= 0.3 is 0 Å². The Morgan fingerprint density at radius 3 is 2.41 bits per heavy atom. The van der Waals surface area contributed by atoms with E-state index in [9.17, 15) is 5.11 Å². The number of hydrogen-bond acceptors (Lipinski definition) is 3. The fraction of sp³-hybridized carbons (Fsp3) is 0.684. The zero-order valence-corrected chi connectivity index (χ0v) is 13.6. The molecule has 2 N–H and O–H groups in total. The Balaban J connectivity index is 1.35. The molecule has 1 aromatic carbocycles. The normalized spacial score (nSPS) is 23.0. The van der Waals surface area contributed by atoms with Gasteiger partial charge in [0.1, 0.15) is 0 Å². The van der Waals surface area contributed by atoms with Gasteiger partial charge in [-0.15, -0.1) is 0 Å². The second-order valence-corrected chi connectivity index (χ2v) is 7.06. The van der Waals surface area contributed by atoms with Crippen LogP contribution in [0.15, 0.2) is 30.3 Å². The first-order chi connectivity index (χ1) is 10.8. The summed E-state index contributed by atoms with van der Waals surface area (Å²) in [5.74, 6) is 0.547. The van der Waals surface area contributed by atoms with Gasteiger partial charge in [-0.2, -0.15) is 0 Å². The molecule has 0 radical (unpaired) electrons. The average molecular weight is 302 g/mol. The predicted octanol–water partition coefficient (Wildman–Crippen LogP) is 2.79. The quantitative estimate of drug-likeness (QED) is 0.848. The van der Waals surface area contributed by atoms with Crippen molar-refractivity contribution in [3.63, 3.8) is 0 Å². The molecule has 3 rings (SSSR count). The summed E-state index contributed by atoms with van der Waals surface area (Å²) >= 11 is 0. The molecule has 0 spiro atoms. The van der Waals surface area contributed by atoms with E-state index in [0.717, 1.165) is 26.2 Å². The Labute approximate surface area is 134 Å². The zero-order chi connectivity index (χ0) is 15.2. The third-order valence-electron chi connectivity index (χ3n) is 5.40. The molecule has 3 nitrogen and oxygen atoms in total. The van der Waals surface area contributed by atoms with Crippen LogP contribution < -0.4 is 5.32 Å². The maximum Gasteiger partial charge on any atom is 0.0692 e. The third-order valence-corrected chi connectivity index (χ3v) is 5.40. The first-order valence-corrected chi connectivity index (χ1v) is 8.99. The van der Waals surface area contributed by atoms with E-state index < -0.39 is 0 Å². The number of likely N-dealkylation sites (tertiary alicyclic amines) is 1. The molecule has 1 aliphatic carbocycles. The number of nitrogens with one attached hydrogen (secondary N) is 1. The number of piperidine rings is 1. The Bertz CT molecular complexity index is 422. The Kier molecular flexibility index (Phi) is 5.88. The fourth-order valence-corrected chi connectivity index (χ4v) is 3.93. The summed E-state index contributed by atoms with van der Waals surface area (Å²) in [6.45, 7) is 4.17. The van der Waals surface area contributed by atoms with Gasteiger partial charge in [0, 0.05) is 19.1 Å². The molecule has 122 valence electrons. The topological polar surface area (TPSA) is 35.5 Å². The monoisotopic (exact) mass is 302 g/mol. The van der Waals surface area contributed by atoms with Gasteiger partial charge in [0.05, 0.1) is 6.10 Å². The maximum absolute atomic E-state index is 10.3. The van der Waals surface area contributed by atoms with E-state index in [-0.39, 0.29) is 6.10 Å². The molecule has 0 aromatic heterocycles. The molecule has 1 unspecified atom stereocenters. The molecule has 1 atom stereocenters. The van der Waals surface area contributed by atoms with E-state index in [4.69, 9.17) is 0 Å². The number of benzene rings is 1. The Morgan fingerprint density at radius 2 is 1.73 bits per heavy atom. The van der Waals surface area contributed by atoms with Gasteiger partial charge in [0.25, 0.3) is 0 Å². The van der Waals surface area contributed by atoms with Gasteiger partial charge in [-0.05, 0) is 50.3 Å². The molecule has 1 aromatic rings. The molecule has 1 saturated carbocycles. The van der Waals surface area contributed by atoms with Crippen LogP contribution in [0.1, 0.15) is 44.1 Å². The van der Waals surface area contributed by atoms with Crippen molar-refractivity contribution in [2.24, 2.45) is 5.92 Å². The molecule has 3 heteroatoms. The second kappa shape index (κ2) is 8.09. The van der Waals surface area contributed by atoms with Crippen molar-refractivity contribution in [2.45, 2.75) is 57.2 Å². The van der Waals surface area contributed by atoms with Crippen LogP contribution in [0.4, 0.5) is 0 Å². The fourth-order valence-electron chi connectivity index (χ4n) is 3.93. The third kappa shape index (κ3) is 4.55. The van der Waals surface area contributed by atoms with Crippen molar-refractivity contribution < 1.29 is 5.11 Å². The number of nitrogens with zero attached hydrogens (tertiary/aromatic N) is 1. The minimum Gasteiger partial charge on any atom is -0.392 e. The highest BCUT2D eigenvalue weighted by molar-refractivity contribution is 5.14. The van der Waals surface area contributed by atoms with Crippen LogP contribution in [0.2, 0.25) is 0 Å². The summed E-state index contributed by atoms with van der Waals surface area (Å²) in [5.41, 5.74) is 1.41. The van der Waals surface area contributed by atoms with Gasteiger partial charge in [-0.25, -0.2) is 0 Å². The van der Waals surface area contributed by atoms with E-state index in [1.807, 2.05) is 0 Å². The van der Waals surface area contributed by atoms with E-state index in [1.54, 1.807) is 0 Å². The van der Waals surface area contributed by atoms with Crippen LogP contribution in [-0.4, -0.2) is 41.8 Å². The first-order valence-electron chi connectivity index (χ1n) is 8.99. The van der Waals surface area contributed by atoms with Crippen molar-refractivity contribution in [2.75, 3.05) is 19.6 Å². The lowest BCUT2D eigenvalue weighted by Crippen LogP contribution is -2.45. The molecule has 1 saturated heterocycles. The Morgan fingerprint density at radius 1 is 1.05 bits per heavy atom. The molecule has 2 fully saturated rings. The molecule has 22 heavy (non-hydrogen) atoms. The highest BCUT2D eigenvalue weighted by Crippen LogP contribution is 2.27. The minimum absolute atomic E-state index is 0.134. The van der Waals surface area contributed by atoms with E-state index in [1.165, 1.54) is 44.1 Å². The van der Waals surface area contributed by atoms with Crippen LogP contribution in [-0.2, 0) is 6.54 Å². The largest absolute Gasteiger partial charge is 0.392 e. The molecular weight excluding hydrogens is 272 g/mol. The lowest BCUT2D eigenvalue weighted by Gasteiger charge is -2.33. The highest BCUT2D eigenvalue weighted by Gasteiger charge is 2.25. The molecule has 0 amide bonds. The lowest BCUT2D eigenvalue weighted by molar-refractivity contribution is 0.0993. The number of aliphatic hydroxyl groups is 1. The van der Waals surface area contributed by atoms with E-state index in [2.05, 4.69) is 40.5 Å². The standard InChI is InChI=1S/C19H30N2O/c22-19(17-8-4-5-9-17)14-20-18-10-12-21(13-11-18)15-16-6-2-1-3-7-16/h1-3,6-7,17-20,22H,4-5,8-15H2. The van der Waals surface area contributed by atoms with Gasteiger partial charge in [0.2, 0.25) is 0 Å². The van der Waals surface area contributed by atoms with E-state index in [0.29, 0.717) is 12.0 Å². The molecule has 2 aliphatic rings. The highest BCUT2D eigenvalue weighted by atomic mass is 16.3. The maximum atomic E-state index is 10.3. The van der Waals surface area contributed by atoms with Crippen molar-refractivity contribution >= 4 is 0 Å². The molecule has 0 bridgehead atoms. The number of aliphatic hydroxyl groups excluding tert-OH is 1. The summed E-state index contributed by atoms with van der Waals surface area (Å²) in [6, 6.07) is 11.3. The van der Waals surface area contributed by atoms with Gasteiger partial charge < -0.3 is 10.4 Å². The predicted molar refractivity (Wildman–Crippen MR) is 90.7 cm³/mol. The molecule has 1 aliphatic heterocycles. The lowest BCUT2D eigenvalue weighted by atomic mass is 9.99. The van der Waals surface area contributed by atoms with Gasteiger partial charge in [-0.3, -0.25) is 4.90 Å². The van der Waals surface area contributed by atoms with Gasteiger partial charge in [0.15, 0.2) is 0 Å². The first kappa shape index (κ1) is 16.0. The van der Waals surface area contributed by atoms with Gasteiger partial charge in [-0.1, -0.05) is 43.2 Å². The average Bonchev–Trinajstić information content (AvgIpc) is 3.09. The SMILES string of the molecule is OC(CNC1CCN(Cc2ccccc2)CC1)C1CCCC1. The van der Waals surface area contributed by atoms with Crippen LogP contribution in [0.25, 0.3) is 0 Å². The Hall–Kier alpha value is -0.900. The van der Waals surface area contributed by atoms with Crippen LogP contribution in [0.3, 0.4) is 0 Å². The van der Waals surface area contributed by atoms with Crippen LogP contribution in [0.5, 0.6) is 0 Å². The van der Waals surface area contributed by atoms with Crippen molar-refractivity contribution in [3.05, 3.63) is 35.9 Å². The summed E-state index contributed by atoms with van der Waals surface area (Å²) in [4.78, 5) is 2.54. The summed E-state index contributed by atoms with van der Waals surface area (Å²) < 4.78 is 0. The van der Waals surface area contributed by atoms with Crippen molar-refractivity contribution in [1.82, 2.24) is 10.2 Å². The number of rotatable bonds is 6. The zero-order valence-electron chi connectivity index (χ0n) is 13.6. The summed E-state index contributed by atoms with van der Waals surface area (Å²) in [6.07, 6.45) is 7.31. The van der Waals surface area contributed by atoms with E-state index >= 15 is 0 Å². The van der Waals surface area contributed by atoms with Crippen LogP contribution in [0, 0.1) is 5.92 Å². The van der Waals surface area contributed by atoms with Crippen LogP contribution >= 0.6 is 0 Å². The minimum atomic E-state index is -0.134.